The Morgan fingerprint density at radius 3 is 2.89 bits per heavy atom. The fraction of sp³-hybridized carbons (Fsp3) is 0.333. The van der Waals surface area contributed by atoms with Crippen LogP contribution in [0.3, 0.4) is 0 Å². The molecule has 1 aromatic carbocycles. The van der Waals surface area contributed by atoms with Crippen molar-refractivity contribution >= 4 is 23.2 Å². The first-order valence-corrected chi connectivity index (χ1v) is 6.28. The molecule has 6 heteroatoms. The number of aromatic nitrogens is 2. The first-order chi connectivity index (χ1) is 8.65. The monoisotopic (exact) mass is 286 g/mol. The molecule has 0 spiro atoms. The average Bonchev–Trinajstić information content (AvgIpc) is 2.87. The Hall–Kier alpha value is -1.26. The molecule has 1 heterocycles. The standard InChI is InChI=1S/C12H12Cl2N2O2/c1-3-9(14)11-15-12(18-16-11)8-6-7(13)4-5-10(8)17-2/h4-6,9H,3H2,1-2H3. The second-order valence-corrected chi connectivity index (χ2v) is 4.64. The van der Waals surface area contributed by atoms with E-state index in [1.54, 1.807) is 25.3 Å². The zero-order valence-electron chi connectivity index (χ0n) is 9.98. The number of benzene rings is 1. The van der Waals surface area contributed by atoms with Crippen LogP contribution >= 0.6 is 23.2 Å². The largest absolute Gasteiger partial charge is 0.496 e. The molecular formula is C12H12Cl2N2O2. The molecule has 0 aliphatic carbocycles. The molecule has 1 unspecified atom stereocenters. The summed E-state index contributed by atoms with van der Waals surface area (Å²) in [7, 11) is 1.57. The van der Waals surface area contributed by atoms with Crippen LogP contribution in [0.15, 0.2) is 22.7 Å². The number of nitrogens with zero attached hydrogens (tertiary/aromatic N) is 2. The second-order valence-electron chi connectivity index (χ2n) is 3.68. The quantitative estimate of drug-likeness (QED) is 0.795. The number of alkyl halides is 1. The molecule has 0 saturated heterocycles. The maximum Gasteiger partial charge on any atom is 0.261 e. The van der Waals surface area contributed by atoms with E-state index in [-0.39, 0.29) is 5.38 Å². The summed E-state index contributed by atoms with van der Waals surface area (Å²) in [5, 5.41) is 4.17. The van der Waals surface area contributed by atoms with Gasteiger partial charge in [0.15, 0.2) is 5.82 Å². The molecule has 0 fully saturated rings. The van der Waals surface area contributed by atoms with Gasteiger partial charge in [0.05, 0.1) is 18.1 Å². The van der Waals surface area contributed by atoms with E-state index in [9.17, 15) is 0 Å². The zero-order valence-corrected chi connectivity index (χ0v) is 11.5. The molecule has 2 rings (SSSR count). The van der Waals surface area contributed by atoms with Gasteiger partial charge in [0.2, 0.25) is 0 Å². The lowest BCUT2D eigenvalue weighted by Gasteiger charge is -2.04. The molecule has 0 aliphatic heterocycles. The molecule has 0 radical (unpaired) electrons. The molecule has 1 atom stereocenters. The van der Waals surface area contributed by atoms with E-state index in [0.29, 0.717) is 28.1 Å². The van der Waals surface area contributed by atoms with Gasteiger partial charge < -0.3 is 9.26 Å². The topological polar surface area (TPSA) is 48.2 Å². The average molecular weight is 287 g/mol. The normalized spacial score (nSPS) is 12.4. The summed E-state index contributed by atoms with van der Waals surface area (Å²) in [6.45, 7) is 1.95. The van der Waals surface area contributed by atoms with Crippen molar-refractivity contribution < 1.29 is 9.26 Å². The Kier molecular flexibility index (Phi) is 4.09. The van der Waals surface area contributed by atoms with E-state index in [0.717, 1.165) is 6.42 Å². The minimum Gasteiger partial charge on any atom is -0.496 e. The van der Waals surface area contributed by atoms with Gasteiger partial charge >= 0.3 is 0 Å². The minimum atomic E-state index is -0.257. The van der Waals surface area contributed by atoms with Crippen LogP contribution in [-0.4, -0.2) is 17.3 Å². The zero-order chi connectivity index (χ0) is 13.1. The molecule has 0 aliphatic rings. The Morgan fingerprint density at radius 1 is 1.44 bits per heavy atom. The third kappa shape index (κ3) is 2.60. The predicted molar refractivity (Wildman–Crippen MR) is 70.2 cm³/mol. The van der Waals surface area contributed by atoms with E-state index in [4.69, 9.17) is 32.5 Å². The van der Waals surface area contributed by atoms with Gasteiger partial charge in [0, 0.05) is 5.02 Å². The number of ether oxygens (including phenoxy) is 1. The molecule has 0 N–H and O–H groups in total. The Bertz CT molecular complexity index is 543. The van der Waals surface area contributed by atoms with Crippen LogP contribution in [0, 0.1) is 0 Å². The third-order valence-electron chi connectivity index (χ3n) is 2.47. The Labute approximate surface area is 115 Å². The highest BCUT2D eigenvalue weighted by molar-refractivity contribution is 6.30. The highest BCUT2D eigenvalue weighted by Crippen LogP contribution is 2.32. The lowest BCUT2D eigenvalue weighted by molar-refractivity contribution is 0.402. The summed E-state index contributed by atoms with van der Waals surface area (Å²) >= 11 is 12.0. The summed E-state index contributed by atoms with van der Waals surface area (Å²) < 4.78 is 10.4. The number of methoxy groups -OCH3 is 1. The summed E-state index contributed by atoms with van der Waals surface area (Å²) in [4.78, 5) is 4.25. The molecule has 18 heavy (non-hydrogen) atoms. The lowest BCUT2D eigenvalue weighted by atomic mass is 10.2. The van der Waals surface area contributed by atoms with Crippen LogP contribution < -0.4 is 4.74 Å². The first kappa shape index (κ1) is 13.2. The van der Waals surface area contributed by atoms with Gasteiger partial charge in [-0.25, -0.2) is 0 Å². The fourth-order valence-corrected chi connectivity index (χ4v) is 1.76. The van der Waals surface area contributed by atoms with E-state index >= 15 is 0 Å². The predicted octanol–water partition coefficient (Wildman–Crippen LogP) is 4.09. The molecule has 0 bridgehead atoms. The highest BCUT2D eigenvalue weighted by Gasteiger charge is 2.17. The van der Waals surface area contributed by atoms with Crippen LogP contribution in [0.4, 0.5) is 0 Å². The third-order valence-corrected chi connectivity index (χ3v) is 3.21. The highest BCUT2D eigenvalue weighted by atomic mass is 35.5. The van der Waals surface area contributed by atoms with Gasteiger partial charge in [-0.2, -0.15) is 4.98 Å². The maximum absolute atomic E-state index is 6.05. The van der Waals surface area contributed by atoms with Crippen molar-refractivity contribution in [3.63, 3.8) is 0 Å². The van der Waals surface area contributed by atoms with Crippen molar-refractivity contribution in [2.45, 2.75) is 18.7 Å². The van der Waals surface area contributed by atoms with Crippen LogP contribution in [-0.2, 0) is 0 Å². The van der Waals surface area contributed by atoms with Gasteiger partial charge in [-0.15, -0.1) is 11.6 Å². The summed E-state index contributed by atoms with van der Waals surface area (Å²) in [6.07, 6.45) is 0.729. The molecular weight excluding hydrogens is 275 g/mol. The Balaban J connectivity index is 2.42. The number of rotatable bonds is 4. The lowest BCUT2D eigenvalue weighted by Crippen LogP contribution is -1.91. The number of hydrogen-bond acceptors (Lipinski definition) is 4. The molecule has 0 amide bonds. The Morgan fingerprint density at radius 2 is 2.22 bits per heavy atom. The van der Waals surface area contributed by atoms with Gasteiger partial charge in [-0.05, 0) is 24.6 Å². The fourth-order valence-electron chi connectivity index (χ4n) is 1.50. The van der Waals surface area contributed by atoms with Gasteiger partial charge in [0.1, 0.15) is 5.75 Å². The van der Waals surface area contributed by atoms with Crippen LogP contribution in [0.1, 0.15) is 24.5 Å². The van der Waals surface area contributed by atoms with E-state index < -0.39 is 0 Å². The molecule has 2 aromatic rings. The second kappa shape index (κ2) is 5.59. The van der Waals surface area contributed by atoms with Crippen molar-refractivity contribution in [2.24, 2.45) is 0 Å². The first-order valence-electron chi connectivity index (χ1n) is 5.47. The van der Waals surface area contributed by atoms with Crippen LogP contribution in [0.25, 0.3) is 11.5 Å². The molecule has 1 aromatic heterocycles. The van der Waals surface area contributed by atoms with Crippen molar-refractivity contribution in [2.75, 3.05) is 7.11 Å². The SMILES string of the molecule is CCC(Cl)c1noc(-c2cc(Cl)ccc2OC)n1. The van der Waals surface area contributed by atoms with Gasteiger partial charge in [-0.1, -0.05) is 23.7 Å². The number of halogens is 2. The summed E-state index contributed by atoms with van der Waals surface area (Å²) in [6, 6.07) is 5.20. The smallest absolute Gasteiger partial charge is 0.261 e. The van der Waals surface area contributed by atoms with Crippen molar-refractivity contribution in [3.05, 3.63) is 29.0 Å². The van der Waals surface area contributed by atoms with Crippen LogP contribution in [0.5, 0.6) is 5.75 Å². The van der Waals surface area contributed by atoms with Gasteiger partial charge in [-0.3, -0.25) is 0 Å². The minimum absolute atomic E-state index is 0.257. The molecule has 0 saturated carbocycles. The van der Waals surface area contributed by atoms with E-state index in [1.165, 1.54) is 0 Å². The molecule has 4 nitrogen and oxygen atoms in total. The van der Waals surface area contributed by atoms with E-state index in [1.807, 2.05) is 6.92 Å². The summed E-state index contributed by atoms with van der Waals surface area (Å²) in [5.74, 6) is 1.44. The van der Waals surface area contributed by atoms with Crippen molar-refractivity contribution in [3.8, 4) is 17.2 Å². The number of hydrogen-bond donors (Lipinski definition) is 0. The van der Waals surface area contributed by atoms with Crippen LogP contribution in [0.2, 0.25) is 5.02 Å². The van der Waals surface area contributed by atoms with Crippen molar-refractivity contribution in [1.82, 2.24) is 10.1 Å². The molecule has 96 valence electrons. The van der Waals surface area contributed by atoms with E-state index in [2.05, 4.69) is 10.1 Å². The van der Waals surface area contributed by atoms with Crippen molar-refractivity contribution in [1.29, 1.82) is 0 Å². The van der Waals surface area contributed by atoms with Gasteiger partial charge in [0.25, 0.3) is 5.89 Å². The summed E-state index contributed by atoms with van der Waals surface area (Å²) in [5.41, 5.74) is 0.656. The maximum atomic E-state index is 6.05.